The maximum atomic E-state index is 12.1. The number of benzene rings is 2. The second-order valence-electron chi connectivity index (χ2n) is 4.57. The minimum atomic E-state index is -0.00000600. The van der Waals surface area contributed by atoms with Gasteiger partial charge in [0.2, 0.25) is 5.89 Å². The van der Waals surface area contributed by atoms with Gasteiger partial charge in [0.15, 0.2) is 5.78 Å². The second kappa shape index (κ2) is 7.29. The molecule has 2 aromatic carbocycles. The third-order valence-corrected chi connectivity index (χ3v) is 4.68. The highest BCUT2D eigenvalue weighted by Crippen LogP contribution is 2.28. The topological polar surface area (TPSA) is 56.0 Å². The van der Waals surface area contributed by atoms with Crippen molar-refractivity contribution in [2.24, 2.45) is 0 Å². The lowest BCUT2D eigenvalue weighted by molar-refractivity contribution is 0.102. The summed E-state index contributed by atoms with van der Waals surface area (Å²) in [6, 6.07) is 14.4. The molecule has 23 heavy (non-hydrogen) atoms. The number of thioether (sulfide) groups is 1. The lowest BCUT2D eigenvalue weighted by Gasteiger charge is -1.99. The molecule has 0 unspecified atom stereocenters. The van der Waals surface area contributed by atoms with Crippen molar-refractivity contribution < 1.29 is 9.21 Å². The fourth-order valence-corrected chi connectivity index (χ4v) is 3.00. The van der Waals surface area contributed by atoms with Crippen molar-refractivity contribution in [3.63, 3.8) is 0 Å². The molecule has 1 heterocycles. The summed E-state index contributed by atoms with van der Waals surface area (Å²) in [7, 11) is 0. The monoisotopic (exact) mass is 408 g/mol. The van der Waals surface area contributed by atoms with E-state index in [9.17, 15) is 4.79 Å². The van der Waals surface area contributed by atoms with Gasteiger partial charge >= 0.3 is 0 Å². The summed E-state index contributed by atoms with van der Waals surface area (Å²) in [6.07, 6.45) is 0. The Morgan fingerprint density at radius 3 is 2.61 bits per heavy atom. The van der Waals surface area contributed by atoms with Gasteiger partial charge in [0, 0.05) is 10.0 Å². The maximum Gasteiger partial charge on any atom is 0.277 e. The predicted molar refractivity (Wildman–Crippen MR) is 93.9 cm³/mol. The van der Waals surface area contributed by atoms with Crippen LogP contribution in [0.2, 0.25) is 5.02 Å². The summed E-state index contributed by atoms with van der Waals surface area (Å²) < 4.78 is 6.49. The summed E-state index contributed by atoms with van der Waals surface area (Å²) in [4.78, 5) is 12.1. The van der Waals surface area contributed by atoms with Crippen LogP contribution in [0, 0.1) is 0 Å². The molecule has 0 aliphatic rings. The van der Waals surface area contributed by atoms with Crippen molar-refractivity contribution in [2.75, 3.05) is 5.75 Å². The molecule has 0 saturated heterocycles. The Balaban J connectivity index is 1.67. The smallest absolute Gasteiger partial charge is 0.277 e. The molecule has 0 aliphatic carbocycles. The zero-order valence-electron chi connectivity index (χ0n) is 11.7. The Labute approximate surface area is 150 Å². The van der Waals surface area contributed by atoms with Crippen molar-refractivity contribution in [1.29, 1.82) is 0 Å². The van der Waals surface area contributed by atoms with Crippen molar-refractivity contribution in [1.82, 2.24) is 10.2 Å². The van der Waals surface area contributed by atoms with Crippen molar-refractivity contribution >= 4 is 45.1 Å². The Kier molecular flexibility index (Phi) is 5.15. The SMILES string of the molecule is O=C(CSc1nnc(-c2ccccc2Cl)o1)c1ccc(Br)cc1. The highest BCUT2D eigenvalue weighted by atomic mass is 79.9. The molecule has 116 valence electrons. The molecular formula is C16H10BrClN2O2S. The molecule has 0 atom stereocenters. The molecule has 0 spiro atoms. The van der Waals surface area contributed by atoms with E-state index < -0.39 is 0 Å². The quantitative estimate of drug-likeness (QED) is 0.432. The minimum Gasteiger partial charge on any atom is -0.411 e. The summed E-state index contributed by atoms with van der Waals surface area (Å²) in [5.74, 6) is 0.570. The molecule has 1 aromatic heterocycles. The first-order chi connectivity index (χ1) is 11.1. The lowest BCUT2D eigenvalue weighted by atomic mass is 10.2. The number of aromatic nitrogens is 2. The highest BCUT2D eigenvalue weighted by molar-refractivity contribution is 9.10. The molecule has 0 bridgehead atoms. The standard InChI is InChI=1S/C16H10BrClN2O2S/c17-11-7-5-10(6-8-11)14(21)9-23-16-20-19-15(22-16)12-3-1-2-4-13(12)18/h1-8H,9H2. The van der Waals surface area contributed by atoms with Gasteiger partial charge in [-0.15, -0.1) is 10.2 Å². The summed E-state index contributed by atoms with van der Waals surface area (Å²) in [6.45, 7) is 0. The van der Waals surface area contributed by atoms with Crippen LogP contribution in [0.1, 0.15) is 10.4 Å². The Bertz CT molecular complexity index is 836. The van der Waals surface area contributed by atoms with Crippen molar-refractivity contribution in [3.8, 4) is 11.5 Å². The number of hydrogen-bond acceptors (Lipinski definition) is 5. The number of ketones is 1. The first-order valence-corrected chi connectivity index (χ1v) is 8.79. The lowest BCUT2D eigenvalue weighted by Crippen LogP contribution is -2.01. The molecule has 0 amide bonds. The minimum absolute atomic E-state index is 0.00000600. The first kappa shape index (κ1) is 16.2. The molecule has 0 N–H and O–H groups in total. The molecule has 0 radical (unpaired) electrons. The molecule has 7 heteroatoms. The van der Waals surface area contributed by atoms with Crippen LogP contribution in [-0.2, 0) is 0 Å². The zero-order valence-corrected chi connectivity index (χ0v) is 14.9. The molecule has 4 nitrogen and oxygen atoms in total. The molecule has 0 aliphatic heterocycles. The van der Waals surface area contributed by atoms with Crippen molar-refractivity contribution in [2.45, 2.75) is 5.22 Å². The number of carbonyl (C=O) groups excluding carboxylic acids is 1. The van der Waals surface area contributed by atoms with Crippen LogP contribution in [0.5, 0.6) is 0 Å². The van der Waals surface area contributed by atoms with E-state index in [-0.39, 0.29) is 11.5 Å². The second-order valence-corrected chi connectivity index (χ2v) is 6.82. The number of Topliss-reactive ketones (excluding diaryl/α,β-unsaturated/α-hetero) is 1. The van der Waals surface area contributed by atoms with E-state index >= 15 is 0 Å². The van der Waals surface area contributed by atoms with Gasteiger partial charge in [-0.3, -0.25) is 4.79 Å². The first-order valence-electron chi connectivity index (χ1n) is 6.63. The van der Waals surface area contributed by atoms with Gasteiger partial charge in [-0.25, -0.2) is 0 Å². The molecule has 0 saturated carbocycles. The van der Waals surface area contributed by atoms with Gasteiger partial charge < -0.3 is 4.42 Å². The summed E-state index contributed by atoms with van der Waals surface area (Å²) in [5, 5.41) is 8.79. The molecule has 0 fully saturated rings. The Morgan fingerprint density at radius 1 is 1.13 bits per heavy atom. The third kappa shape index (κ3) is 4.02. The van der Waals surface area contributed by atoms with Crippen molar-refractivity contribution in [3.05, 3.63) is 63.6 Å². The normalized spacial score (nSPS) is 10.7. The van der Waals surface area contributed by atoms with Gasteiger partial charge in [0.25, 0.3) is 5.22 Å². The van der Waals surface area contributed by atoms with Gasteiger partial charge in [-0.2, -0.15) is 0 Å². The van der Waals surface area contributed by atoms with Crippen LogP contribution in [0.4, 0.5) is 0 Å². The number of hydrogen-bond donors (Lipinski definition) is 0. The van der Waals surface area contributed by atoms with E-state index in [1.807, 2.05) is 24.3 Å². The van der Waals surface area contributed by atoms with E-state index in [1.54, 1.807) is 24.3 Å². The van der Waals surface area contributed by atoms with Gasteiger partial charge in [0.05, 0.1) is 16.3 Å². The number of halogens is 2. The van der Waals surface area contributed by atoms with Crippen LogP contribution >= 0.6 is 39.3 Å². The average molecular weight is 410 g/mol. The van der Waals surface area contributed by atoms with Crippen LogP contribution < -0.4 is 0 Å². The van der Waals surface area contributed by atoms with Gasteiger partial charge in [0.1, 0.15) is 0 Å². The van der Waals surface area contributed by atoms with Crippen LogP contribution in [0.15, 0.2) is 62.6 Å². The predicted octanol–water partition coefficient (Wildman–Crippen LogP) is 5.13. The van der Waals surface area contributed by atoms with E-state index in [2.05, 4.69) is 26.1 Å². The Morgan fingerprint density at radius 2 is 1.87 bits per heavy atom. The fourth-order valence-electron chi connectivity index (χ4n) is 1.86. The number of carbonyl (C=O) groups is 1. The maximum absolute atomic E-state index is 12.1. The molecule has 3 aromatic rings. The van der Waals surface area contributed by atoms with Gasteiger partial charge in [-0.05, 0) is 24.3 Å². The third-order valence-electron chi connectivity index (χ3n) is 3.00. The average Bonchev–Trinajstić information content (AvgIpc) is 3.02. The van der Waals surface area contributed by atoms with E-state index in [1.165, 1.54) is 11.8 Å². The van der Waals surface area contributed by atoms with Crippen LogP contribution in [0.25, 0.3) is 11.5 Å². The largest absolute Gasteiger partial charge is 0.411 e. The number of rotatable bonds is 5. The van der Waals surface area contributed by atoms with E-state index in [4.69, 9.17) is 16.0 Å². The molecule has 3 rings (SSSR count). The Hall–Kier alpha value is -1.63. The van der Waals surface area contributed by atoms with E-state index in [0.29, 0.717) is 27.3 Å². The summed E-state index contributed by atoms with van der Waals surface area (Å²) >= 11 is 10.6. The molecular weight excluding hydrogens is 400 g/mol. The van der Waals surface area contributed by atoms with Gasteiger partial charge in [-0.1, -0.05) is 63.6 Å². The highest BCUT2D eigenvalue weighted by Gasteiger charge is 2.14. The van der Waals surface area contributed by atoms with Crippen LogP contribution in [0.3, 0.4) is 0 Å². The van der Waals surface area contributed by atoms with Crippen LogP contribution in [-0.4, -0.2) is 21.7 Å². The zero-order chi connectivity index (χ0) is 16.2. The summed E-state index contributed by atoms with van der Waals surface area (Å²) in [5.41, 5.74) is 1.32. The van der Waals surface area contributed by atoms with E-state index in [0.717, 1.165) is 4.47 Å². The number of nitrogens with zero attached hydrogens (tertiary/aromatic N) is 2. The fraction of sp³-hybridized carbons (Fsp3) is 0.0625.